The number of rotatable bonds is 5. The van der Waals surface area contributed by atoms with Crippen molar-refractivity contribution >= 4 is 5.91 Å². The maximum Gasteiger partial charge on any atom is 0.251 e. The Bertz CT molecular complexity index is 730. The van der Waals surface area contributed by atoms with Crippen molar-refractivity contribution in [2.24, 2.45) is 0 Å². The van der Waals surface area contributed by atoms with E-state index in [1.54, 1.807) is 6.07 Å². The van der Waals surface area contributed by atoms with Crippen LogP contribution in [-0.2, 0) is 4.74 Å². The minimum absolute atomic E-state index is 0.0816. The summed E-state index contributed by atoms with van der Waals surface area (Å²) >= 11 is 0. The van der Waals surface area contributed by atoms with Gasteiger partial charge in [0.25, 0.3) is 5.91 Å². The number of carbonyl (C=O) groups excluding carboxylic acids is 1. The number of H-pyrrole nitrogens is 1. The molecule has 1 amide bonds. The van der Waals surface area contributed by atoms with Gasteiger partial charge in [0.1, 0.15) is 5.82 Å². The first kappa shape index (κ1) is 17.6. The molecule has 0 radical (unpaired) electrons. The second kappa shape index (κ2) is 7.76. The van der Waals surface area contributed by atoms with Gasteiger partial charge in [0.05, 0.1) is 13.2 Å². The lowest BCUT2D eigenvalue weighted by molar-refractivity contribution is -0.0178. The second-order valence-electron chi connectivity index (χ2n) is 6.55. The molecule has 1 aromatic carbocycles. The van der Waals surface area contributed by atoms with Gasteiger partial charge in [0.2, 0.25) is 0 Å². The largest absolute Gasteiger partial charge is 0.379 e. The number of aromatic nitrogens is 3. The molecule has 0 bridgehead atoms. The van der Waals surface area contributed by atoms with Gasteiger partial charge < -0.3 is 10.1 Å². The Kier molecular flexibility index (Phi) is 5.45. The summed E-state index contributed by atoms with van der Waals surface area (Å²) in [5.74, 6) is 1.27. The maximum atomic E-state index is 12.5. The summed E-state index contributed by atoms with van der Waals surface area (Å²) in [6, 6.07) is 8.01. The van der Waals surface area contributed by atoms with Crippen molar-refractivity contribution in [3.63, 3.8) is 0 Å². The number of hydrogen-bond acceptors (Lipinski definition) is 5. The molecule has 1 saturated heterocycles. The molecule has 25 heavy (non-hydrogen) atoms. The topological polar surface area (TPSA) is 83.1 Å². The smallest absolute Gasteiger partial charge is 0.251 e. The van der Waals surface area contributed by atoms with Gasteiger partial charge in [-0.3, -0.25) is 14.8 Å². The monoisotopic (exact) mass is 343 g/mol. The molecular formula is C18H25N5O2. The molecule has 1 aromatic heterocycles. The highest BCUT2D eigenvalue weighted by Crippen LogP contribution is 2.16. The highest BCUT2D eigenvalue weighted by Gasteiger charge is 2.24. The van der Waals surface area contributed by atoms with Gasteiger partial charge in [-0.25, -0.2) is 4.98 Å². The van der Waals surface area contributed by atoms with Gasteiger partial charge in [-0.05, 0) is 32.9 Å². The van der Waals surface area contributed by atoms with Crippen molar-refractivity contribution in [2.45, 2.75) is 32.9 Å². The van der Waals surface area contributed by atoms with E-state index < -0.39 is 0 Å². The van der Waals surface area contributed by atoms with Gasteiger partial charge in [-0.15, -0.1) is 0 Å². The zero-order valence-corrected chi connectivity index (χ0v) is 15.0. The van der Waals surface area contributed by atoms with Crippen LogP contribution >= 0.6 is 0 Å². The normalized spacial score (nSPS) is 19.6. The van der Waals surface area contributed by atoms with E-state index in [-0.39, 0.29) is 11.9 Å². The van der Waals surface area contributed by atoms with E-state index in [1.807, 2.05) is 25.1 Å². The van der Waals surface area contributed by atoms with Crippen molar-refractivity contribution < 1.29 is 9.53 Å². The molecule has 134 valence electrons. The van der Waals surface area contributed by atoms with Crippen LogP contribution in [0.5, 0.6) is 0 Å². The SMILES string of the molecule is Cc1nc(-c2cccc(C(=O)NC[C@@H](C)N3CCOC[C@@H]3C)c2)n[nH]1. The van der Waals surface area contributed by atoms with Gasteiger partial charge in [0, 0.05) is 36.3 Å². The number of aromatic amines is 1. The summed E-state index contributed by atoms with van der Waals surface area (Å²) in [7, 11) is 0. The standard InChI is InChI=1S/C18H25N5O2/c1-12(23-7-8-25-11-13(23)2)10-19-18(24)16-6-4-5-15(9-16)17-20-14(3)21-22-17/h4-6,9,12-13H,7-8,10-11H2,1-3H3,(H,19,24)(H,20,21,22)/t12-,13+/m1/s1. The number of benzene rings is 1. The fourth-order valence-electron chi connectivity index (χ4n) is 3.13. The molecule has 1 aliphatic heterocycles. The molecular weight excluding hydrogens is 318 g/mol. The third kappa shape index (κ3) is 4.24. The molecule has 1 aliphatic rings. The van der Waals surface area contributed by atoms with E-state index in [0.29, 0.717) is 24.0 Å². The number of morpholine rings is 1. The lowest BCUT2D eigenvalue weighted by Gasteiger charge is -2.37. The fraction of sp³-hybridized carbons (Fsp3) is 0.500. The van der Waals surface area contributed by atoms with E-state index in [9.17, 15) is 4.79 Å². The number of hydrogen-bond donors (Lipinski definition) is 2. The van der Waals surface area contributed by atoms with Gasteiger partial charge in [-0.1, -0.05) is 12.1 Å². The van der Waals surface area contributed by atoms with Crippen LogP contribution in [0.1, 0.15) is 30.0 Å². The summed E-state index contributed by atoms with van der Waals surface area (Å²) in [4.78, 5) is 19.2. The average Bonchev–Trinajstić information content (AvgIpc) is 3.06. The van der Waals surface area contributed by atoms with Crippen molar-refractivity contribution in [1.29, 1.82) is 0 Å². The number of carbonyl (C=O) groups is 1. The fourth-order valence-corrected chi connectivity index (χ4v) is 3.13. The van der Waals surface area contributed by atoms with Gasteiger partial charge in [-0.2, -0.15) is 5.10 Å². The Morgan fingerprint density at radius 3 is 3.08 bits per heavy atom. The van der Waals surface area contributed by atoms with Crippen LogP contribution in [0.25, 0.3) is 11.4 Å². The predicted octanol–water partition coefficient (Wildman–Crippen LogP) is 1.62. The molecule has 0 aliphatic carbocycles. The van der Waals surface area contributed by atoms with Crippen LogP contribution < -0.4 is 5.32 Å². The number of amides is 1. The number of nitrogens with zero attached hydrogens (tertiary/aromatic N) is 3. The molecule has 0 unspecified atom stereocenters. The first-order chi connectivity index (χ1) is 12.0. The third-order valence-corrected chi connectivity index (χ3v) is 4.52. The van der Waals surface area contributed by atoms with Crippen molar-refractivity contribution in [3.05, 3.63) is 35.7 Å². The minimum Gasteiger partial charge on any atom is -0.379 e. The summed E-state index contributed by atoms with van der Waals surface area (Å²) < 4.78 is 5.47. The molecule has 2 atom stereocenters. The quantitative estimate of drug-likeness (QED) is 0.862. The Balaban J connectivity index is 1.61. The van der Waals surface area contributed by atoms with Crippen LogP contribution in [-0.4, -0.2) is 64.4 Å². The first-order valence-corrected chi connectivity index (χ1v) is 8.65. The average molecular weight is 343 g/mol. The molecule has 3 rings (SSSR count). The van der Waals surface area contributed by atoms with Crippen LogP contribution in [0.4, 0.5) is 0 Å². The second-order valence-corrected chi connectivity index (χ2v) is 6.55. The van der Waals surface area contributed by atoms with E-state index in [1.165, 1.54) is 0 Å². The number of nitrogens with one attached hydrogen (secondary N) is 2. The van der Waals surface area contributed by atoms with E-state index >= 15 is 0 Å². The van der Waals surface area contributed by atoms with Gasteiger partial charge in [0.15, 0.2) is 5.82 Å². The molecule has 2 N–H and O–H groups in total. The van der Waals surface area contributed by atoms with Crippen molar-refractivity contribution in [3.8, 4) is 11.4 Å². The molecule has 2 aromatic rings. The number of ether oxygens (including phenoxy) is 1. The molecule has 0 spiro atoms. The molecule has 2 heterocycles. The van der Waals surface area contributed by atoms with Crippen LogP contribution in [0.3, 0.4) is 0 Å². The lowest BCUT2D eigenvalue weighted by Crippen LogP contribution is -2.51. The van der Waals surface area contributed by atoms with E-state index in [2.05, 4.69) is 39.2 Å². The molecule has 7 nitrogen and oxygen atoms in total. The highest BCUT2D eigenvalue weighted by molar-refractivity contribution is 5.95. The lowest BCUT2D eigenvalue weighted by atomic mass is 10.1. The summed E-state index contributed by atoms with van der Waals surface area (Å²) in [5, 5.41) is 9.99. The zero-order valence-electron chi connectivity index (χ0n) is 15.0. The van der Waals surface area contributed by atoms with E-state index in [4.69, 9.17) is 4.74 Å². The Morgan fingerprint density at radius 2 is 2.36 bits per heavy atom. The number of aryl methyl sites for hydroxylation is 1. The van der Waals surface area contributed by atoms with Crippen molar-refractivity contribution in [2.75, 3.05) is 26.3 Å². The Morgan fingerprint density at radius 1 is 1.52 bits per heavy atom. The maximum absolute atomic E-state index is 12.5. The van der Waals surface area contributed by atoms with Crippen molar-refractivity contribution in [1.82, 2.24) is 25.4 Å². The zero-order chi connectivity index (χ0) is 17.8. The highest BCUT2D eigenvalue weighted by atomic mass is 16.5. The molecule has 7 heteroatoms. The van der Waals surface area contributed by atoms with Gasteiger partial charge >= 0.3 is 0 Å². The van der Waals surface area contributed by atoms with Crippen LogP contribution in [0, 0.1) is 6.92 Å². The Labute approximate surface area is 147 Å². The summed E-state index contributed by atoms with van der Waals surface area (Å²) in [6.45, 7) is 9.14. The van der Waals surface area contributed by atoms with E-state index in [0.717, 1.165) is 31.1 Å². The summed E-state index contributed by atoms with van der Waals surface area (Å²) in [5.41, 5.74) is 1.44. The Hall–Kier alpha value is -2.25. The molecule has 0 saturated carbocycles. The third-order valence-electron chi connectivity index (χ3n) is 4.52. The van der Waals surface area contributed by atoms with Crippen LogP contribution in [0.2, 0.25) is 0 Å². The summed E-state index contributed by atoms with van der Waals surface area (Å²) in [6.07, 6.45) is 0. The predicted molar refractivity (Wildman–Crippen MR) is 95.3 cm³/mol. The first-order valence-electron chi connectivity index (χ1n) is 8.65. The molecule has 1 fully saturated rings. The van der Waals surface area contributed by atoms with Crippen LogP contribution in [0.15, 0.2) is 24.3 Å². The minimum atomic E-state index is -0.0816.